The summed E-state index contributed by atoms with van der Waals surface area (Å²) in [5, 5.41) is 12.5. The first kappa shape index (κ1) is 6.27. The van der Waals surface area contributed by atoms with Crippen molar-refractivity contribution < 1.29 is 32.4 Å². The van der Waals surface area contributed by atoms with Gasteiger partial charge in [-0.2, -0.15) is 4.37 Å². The van der Waals surface area contributed by atoms with Crippen LogP contribution in [-0.4, -0.2) is 64.8 Å². The lowest BCUT2D eigenvalue weighted by Gasteiger charge is -2.27. The monoisotopic (exact) mass is 329 g/mol. The SMILES string of the molecule is [2H]C1([2H])COCC([2H])([2H])N1c1nsnc1OC([2H])([2H])[C@@]([2H])(O)CNC(C)(C([2H])([2H])[2H])C([2H])([2H])[2H]. The number of hydrogen-bond donors (Lipinski definition) is 2. The van der Waals surface area contributed by atoms with Gasteiger partial charge in [-0.1, -0.05) is 0 Å². The molecular weight excluding hydrogens is 292 g/mol. The second kappa shape index (κ2) is 7.35. The van der Waals surface area contributed by atoms with Crippen molar-refractivity contribution in [2.75, 3.05) is 44.2 Å². The van der Waals surface area contributed by atoms with Gasteiger partial charge in [0.1, 0.15) is 12.6 Å². The van der Waals surface area contributed by atoms with Crippen LogP contribution >= 0.6 is 11.7 Å². The molecule has 21 heavy (non-hydrogen) atoms. The fraction of sp³-hybridized carbons (Fsp3) is 0.846. The quantitative estimate of drug-likeness (QED) is 0.787. The number of nitrogens with zero attached hydrogens (tertiary/aromatic N) is 3. The van der Waals surface area contributed by atoms with Crippen molar-refractivity contribution in [2.24, 2.45) is 0 Å². The Hall–Kier alpha value is -0.960. The summed E-state index contributed by atoms with van der Waals surface area (Å²) >= 11 is 0.422. The average molecular weight is 330 g/mol. The van der Waals surface area contributed by atoms with Crippen LogP contribution in [0.2, 0.25) is 0 Å². The number of aliphatic hydroxyl groups is 1. The lowest BCUT2D eigenvalue weighted by molar-refractivity contribution is 0.0975. The summed E-state index contributed by atoms with van der Waals surface area (Å²) in [6.07, 6.45) is -3.28. The minimum Gasteiger partial charge on any atom is -0.472 e. The van der Waals surface area contributed by atoms with Gasteiger partial charge in [-0.15, -0.1) is 4.37 Å². The summed E-state index contributed by atoms with van der Waals surface area (Å²) in [6.45, 7) is -16.0. The smallest absolute Gasteiger partial charge is 0.270 e. The van der Waals surface area contributed by atoms with Crippen LogP contribution in [0.15, 0.2) is 0 Å². The molecule has 0 bridgehead atoms. The molecule has 1 aliphatic heterocycles. The number of nitrogens with one attached hydrogen (secondary N) is 1. The van der Waals surface area contributed by atoms with E-state index in [2.05, 4.69) is 8.75 Å². The Bertz CT molecular complexity index is 843. The fourth-order valence-electron chi connectivity index (χ4n) is 1.26. The second-order valence-electron chi connectivity index (χ2n) is 4.17. The third-order valence-electron chi connectivity index (χ3n) is 2.18. The molecule has 8 heteroatoms. The molecule has 0 spiro atoms. The number of β-amino-alcohol motifs (C(OH)–C–C–N with tert-alkyl or cyclic N) is 1. The van der Waals surface area contributed by atoms with E-state index in [-0.39, 0.29) is 0 Å². The van der Waals surface area contributed by atoms with Gasteiger partial charge in [-0.25, -0.2) is 0 Å². The molecule has 1 fully saturated rings. The summed E-state index contributed by atoms with van der Waals surface area (Å²) < 4.78 is 119. The summed E-state index contributed by atoms with van der Waals surface area (Å²) in [5.74, 6) is -1.30. The Kier molecular flexibility index (Phi) is 2.19. The van der Waals surface area contributed by atoms with E-state index in [0.29, 0.717) is 16.6 Å². The first-order valence-corrected chi connectivity index (χ1v) is 6.59. The van der Waals surface area contributed by atoms with Gasteiger partial charge in [-0.05, 0) is 20.6 Å². The van der Waals surface area contributed by atoms with E-state index in [1.165, 1.54) is 0 Å². The predicted octanol–water partition coefficient (Wildman–Crippen LogP) is 0.502. The number of anilines is 1. The van der Waals surface area contributed by atoms with E-state index < -0.39 is 76.3 Å². The number of aromatic nitrogens is 2. The van der Waals surface area contributed by atoms with E-state index in [1.807, 2.05) is 5.32 Å². The molecule has 1 aliphatic rings. The normalized spacial score (nSPS) is 35.1. The summed E-state index contributed by atoms with van der Waals surface area (Å²) in [7, 11) is 0. The van der Waals surface area contributed by atoms with Gasteiger partial charge >= 0.3 is 0 Å². The third kappa shape index (κ3) is 5.39. The molecule has 0 radical (unpaired) electrons. The predicted molar refractivity (Wildman–Crippen MR) is 82.2 cm³/mol. The maximum absolute atomic E-state index is 10.5. The molecule has 2 rings (SSSR count). The van der Waals surface area contributed by atoms with Crippen molar-refractivity contribution in [1.82, 2.24) is 14.1 Å². The second-order valence-corrected chi connectivity index (χ2v) is 4.70. The van der Waals surface area contributed by atoms with Crippen molar-refractivity contribution in [1.29, 1.82) is 0 Å². The van der Waals surface area contributed by atoms with Gasteiger partial charge in [0.2, 0.25) is 5.82 Å². The maximum Gasteiger partial charge on any atom is 0.270 e. The molecule has 0 aromatic carbocycles. The first-order chi connectivity index (χ1) is 15.0. The van der Waals surface area contributed by atoms with Gasteiger partial charge < -0.3 is 24.8 Å². The van der Waals surface area contributed by atoms with E-state index in [9.17, 15) is 5.11 Å². The highest BCUT2D eigenvalue weighted by atomic mass is 32.1. The van der Waals surface area contributed by atoms with E-state index in [1.54, 1.807) is 0 Å². The van der Waals surface area contributed by atoms with Crippen LogP contribution in [0, 0.1) is 0 Å². The van der Waals surface area contributed by atoms with Crippen LogP contribution in [0.4, 0.5) is 5.82 Å². The van der Waals surface area contributed by atoms with Crippen LogP contribution in [-0.2, 0) is 4.74 Å². The van der Waals surface area contributed by atoms with Crippen molar-refractivity contribution >= 4 is 17.5 Å². The van der Waals surface area contributed by atoms with E-state index in [0.717, 1.165) is 6.92 Å². The highest BCUT2D eigenvalue weighted by molar-refractivity contribution is 6.99. The minimum absolute atomic E-state index is 0.422. The number of hydrogen-bond acceptors (Lipinski definition) is 8. The molecule has 120 valence electrons. The van der Waals surface area contributed by atoms with Gasteiger partial charge in [0.25, 0.3) is 5.88 Å². The fourth-order valence-corrected chi connectivity index (χ4v) is 1.73. The Balaban J connectivity index is 2.33. The molecule has 7 nitrogen and oxygen atoms in total. The Morgan fingerprint density at radius 3 is 3.14 bits per heavy atom. The minimum atomic E-state index is -3.37. The molecular formula is C13H24N4O3S. The molecule has 1 aromatic heterocycles. The molecule has 2 heterocycles. The molecule has 0 saturated carbocycles. The molecule has 0 aliphatic carbocycles. The Morgan fingerprint density at radius 2 is 2.43 bits per heavy atom. The highest BCUT2D eigenvalue weighted by Crippen LogP contribution is 2.26. The highest BCUT2D eigenvalue weighted by Gasteiger charge is 2.21. The van der Waals surface area contributed by atoms with E-state index in [4.69, 9.17) is 27.3 Å². The van der Waals surface area contributed by atoms with Crippen LogP contribution in [0.3, 0.4) is 0 Å². The van der Waals surface area contributed by atoms with E-state index >= 15 is 0 Å². The van der Waals surface area contributed by atoms with Crippen molar-refractivity contribution in [2.45, 2.75) is 32.2 Å². The summed E-state index contributed by atoms with van der Waals surface area (Å²) in [4.78, 5) is 0.542. The first-order valence-electron chi connectivity index (χ1n) is 12.4. The Morgan fingerprint density at radius 1 is 1.67 bits per heavy atom. The van der Waals surface area contributed by atoms with Crippen molar-refractivity contribution in [3.8, 4) is 5.88 Å². The number of ether oxygens (including phenoxy) is 2. The van der Waals surface area contributed by atoms with Gasteiger partial charge in [-0.3, -0.25) is 0 Å². The molecule has 2 N–H and O–H groups in total. The lowest BCUT2D eigenvalue weighted by Crippen LogP contribution is -2.42. The molecule has 0 unspecified atom stereocenters. The van der Waals surface area contributed by atoms with Crippen molar-refractivity contribution in [3.63, 3.8) is 0 Å². The van der Waals surface area contributed by atoms with Gasteiger partial charge in [0.05, 0.1) is 34.5 Å². The zero-order valence-electron chi connectivity index (χ0n) is 24.1. The topological polar surface area (TPSA) is 79.7 Å². The Labute approximate surface area is 147 Å². The number of morpholine rings is 1. The zero-order valence-corrected chi connectivity index (χ0v) is 12.0. The van der Waals surface area contributed by atoms with Crippen molar-refractivity contribution in [3.05, 3.63) is 0 Å². The largest absolute Gasteiger partial charge is 0.472 e. The standard InChI is InChI=1S/C13H24N4O3S/c1-13(2,3)14-8-10(18)9-20-12-11(15-21-16-12)17-4-6-19-7-5-17/h10,14,18H,4-9H2,1-3H3/t10-/m0/s1/i1D3,2D3,4D2,5D2,9D2,10D. The van der Waals surface area contributed by atoms with Crippen LogP contribution in [0.5, 0.6) is 5.88 Å². The molecule has 1 atom stereocenters. The van der Waals surface area contributed by atoms with Crippen LogP contribution < -0.4 is 15.0 Å². The van der Waals surface area contributed by atoms with Crippen LogP contribution in [0.1, 0.15) is 38.4 Å². The van der Waals surface area contributed by atoms with Gasteiger partial charge in [0.15, 0.2) is 0 Å². The third-order valence-corrected chi connectivity index (χ3v) is 2.68. The average Bonchev–Trinajstić information content (AvgIpc) is 3.02. The lowest BCUT2D eigenvalue weighted by atomic mass is 10.1. The van der Waals surface area contributed by atoms with Crippen LogP contribution in [0.25, 0.3) is 0 Å². The molecule has 1 aromatic rings. The summed E-state index contributed by atoms with van der Waals surface area (Å²) in [5.41, 5.74) is -2.61. The molecule has 1 saturated heterocycles. The zero-order chi connectivity index (χ0) is 26.6. The maximum atomic E-state index is 10.5. The van der Waals surface area contributed by atoms with Gasteiger partial charge in [0, 0.05) is 33.3 Å². The number of rotatable bonds is 6. The molecule has 0 amide bonds. The summed E-state index contributed by atoms with van der Waals surface area (Å²) in [6, 6.07) is 0.